The highest BCUT2D eigenvalue weighted by atomic mass is 14.9. The SMILES string of the molecule is C=C(NC(C)c1ccc(C(=C)CC)cc1CC)C(=C)/C(C)=C(\C=C/C)C(=C)CC. The van der Waals surface area contributed by atoms with Crippen LogP contribution in [0.5, 0.6) is 0 Å². The van der Waals surface area contributed by atoms with Crippen molar-refractivity contribution in [1.29, 1.82) is 0 Å². The lowest BCUT2D eigenvalue weighted by atomic mass is 9.92. The molecule has 0 heterocycles. The molecular formula is C28H39N. The van der Waals surface area contributed by atoms with Crippen molar-refractivity contribution in [2.75, 3.05) is 0 Å². The summed E-state index contributed by atoms with van der Waals surface area (Å²) in [5, 5.41) is 3.56. The second kappa shape index (κ2) is 11.5. The first-order valence-corrected chi connectivity index (χ1v) is 10.7. The molecule has 1 aromatic rings. The fraction of sp³-hybridized carbons (Fsp3) is 0.357. The molecule has 0 fully saturated rings. The average molecular weight is 390 g/mol. The Balaban J connectivity index is 3.11. The van der Waals surface area contributed by atoms with Gasteiger partial charge >= 0.3 is 0 Å². The largest absolute Gasteiger partial charge is 0.379 e. The van der Waals surface area contributed by atoms with Gasteiger partial charge in [0.1, 0.15) is 0 Å². The van der Waals surface area contributed by atoms with Gasteiger partial charge in [-0.05, 0) is 84.6 Å². The Morgan fingerprint density at radius 2 is 1.72 bits per heavy atom. The molecule has 1 heteroatoms. The Kier molecular flexibility index (Phi) is 9.68. The van der Waals surface area contributed by atoms with Crippen molar-refractivity contribution < 1.29 is 0 Å². The molecule has 1 unspecified atom stereocenters. The van der Waals surface area contributed by atoms with E-state index in [1.165, 1.54) is 22.3 Å². The molecule has 1 atom stereocenters. The summed E-state index contributed by atoms with van der Waals surface area (Å²) >= 11 is 0. The molecule has 0 saturated heterocycles. The zero-order valence-corrected chi connectivity index (χ0v) is 19.4. The van der Waals surface area contributed by atoms with Gasteiger partial charge in [-0.3, -0.25) is 0 Å². The van der Waals surface area contributed by atoms with E-state index in [2.05, 4.69) is 90.5 Å². The molecule has 0 saturated carbocycles. The molecule has 0 spiro atoms. The monoisotopic (exact) mass is 389 g/mol. The topological polar surface area (TPSA) is 12.0 Å². The average Bonchev–Trinajstić information content (AvgIpc) is 2.74. The first-order chi connectivity index (χ1) is 13.7. The van der Waals surface area contributed by atoms with Crippen LogP contribution in [-0.2, 0) is 6.42 Å². The molecule has 1 aromatic carbocycles. The van der Waals surface area contributed by atoms with Gasteiger partial charge in [0.25, 0.3) is 0 Å². The summed E-state index contributed by atoms with van der Waals surface area (Å²) in [4.78, 5) is 0. The van der Waals surface area contributed by atoms with Gasteiger partial charge in [-0.15, -0.1) is 0 Å². The number of hydrogen-bond donors (Lipinski definition) is 1. The van der Waals surface area contributed by atoms with Crippen molar-refractivity contribution in [3.63, 3.8) is 0 Å². The van der Waals surface area contributed by atoms with Gasteiger partial charge in [-0.25, -0.2) is 0 Å². The van der Waals surface area contributed by atoms with Crippen molar-refractivity contribution in [2.45, 2.75) is 66.8 Å². The van der Waals surface area contributed by atoms with E-state index in [1.807, 2.05) is 13.0 Å². The van der Waals surface area contributed by atoms with Crippen molar-refractivity contribution in [3.8, 4) is 0 Å². The molecule has 1 nitrogen and oxygen atoms in total. The first-order valence-electron chi connectivity index (χ1n) is 10.7. The van der Waals surface area contributed by atoms with Gasteiger partial charge in [-0.1, -0.05) is 77.4 Å². The van der Waals surface area contributed by atoms with Gasteiger partial charge in [-0.2, -0.15) is 0 Å². The minimum atomic E-state index is 0.144. The van der Waals surface area contributed by atoms with Crippen LogP contribution in [0.3, 0.4) is 0 Å². The summed E-state index contributed by atoms with van der Waals surface area (Å²) in [6.45, 7) is 29.7. The third-order valence-corrected chi connectivity index (χ3v) is 5.58. The maximum absolute atomic E-state index is 4.31. The number of aryl methyl sites for hydroxylation is 1. The summed E-state index contributed by atoms with van der Waals surface area (Å²) < 4.78 is 0. The van der Waals surface area contributed by atoms with Crippen LogP contribution in [0.25, 0.3) is 5.57 Å². The summed E-state index contributed by atoms with van der Waals surface area (Å²) in [6, 6.07) is 6.81. The van der Waals surface area contributed by atoms with E-state index in [9.17, 15) is 0 Å². The van der Waals surface area contributed by atoms with E-state index >= 15 is 0 Å². The van der Waals surface area contributed by atoms with E-state index in [-0.39, 0.29) is 6.04 Å². The molecular weight excluding hydrogens is 350 g/mol. The fourth-order valence-electron chi connectivity index (χ4n) is 3.44. The smallest absolute Gasteiger partial charge is 0.0488 e. The molecule has 0 aliphatic carbocycles. The summed E-state index contributed by atoms with van der Waals surface area (Å²) in [5.74, 6) is 0. The second-order valence-corrected chi connectivity index (χ2v) is 7.54. The highest BCUT2D eigenvalue weighted by Crippen LogP contribution is 2.28. The highest BCUT2D eigenvalue weighted by molar-refractivity contribution is 5.64. The van der Waals surface area contributed by atoms with Gasteiger partial charge in [0.15, 0.2) is 0 Å². The third kappa shape index (κ3) is 6.22. The molecule has 0 amide bonds. The number of hydrogen-bond acceptors (Lipinski definition) is 1. The van der Waals surface area contributed by atoms with E-state index in [0.717, 1.165) is 47.3 Å². The minimum Gasteiger partial charge on any atom is -0.379 e. The molecule has 0 aliphatic heterocycles. The summed E-state index contributed by atoms with van der Waals surface area (Å²) in [7, 11) is 0. The van der Waals surface area contributed by atoms with Crippen LogP contribution in [-0.4, -0.2) is 0 Å². The van der Waals surface area contributed by atoms with Crippen molar-refractivity contribution >= 4 is 5.57 Å². The molecule has 29 heavy (non-hydrogen) atoms. The maximum Gasteiger partial charge on any atom is 0.0488 e. The standard InChI is InChI=1S/C28H39N/c1-11-15-27(20(6)13-3)22(8)21(7)23(9)29-24(10)28-17-16-26(19(5)12-2)18-25(28)14-4/h11,15-18,24,29H,5-7,9,12-14H2,1-4,8,10H3/b15-11-,27-22+. The zero-order chi connectivity index (χ0) is 22.1. The molecule has 1 N–H and O–H groups in total. The third-order valence-electron chi connectivity index (χ3n) is 5.58. The van der Waals surface area contributed by atoms with Gasteiger partial charge in [0.2, 0.25) is 0 Å². The molecule has 0 aliphatic rings. The number of allylic oxidation sites excluding steroid dienone is 6. The van der Waals surface area contributed by atoms with Crippen LogP contribution >= 0.6 is 0 Å². The Bertz CT molecular complexity index is 845. The molecule has 0 radical (unpaired) electrons. The van der Waals surface area contributed by atoms with Crippen LogP contribution in [0.1, 0.15) is 77.1 Å². The predicted octanol–water partition coefficient (Wildman–Crippen LogP) is 8.25. The Hall–Kier alpha value is -2.54. The zero-order valence-electron chi connectivity index (χ0n) is 19.4. The van der Waals surface area contributed by atoms with Gasteiger partial charge in [0, 0.05) is 11.7 Å². The number of nitrogens with one attached hydrogen (secondary N) is 1. The number of benzene rings is 1. The summed E-state index contributed by atoms with van der Waals surface area (Å²) in [6.07, 6.45) is 7.02. The molecule has 0 bridgehead atoms. The lowest BCUT2D eigenvalue weighted by molar-refractivity contribution is 0.655. The molecule has 0 aromatic heterocycles. The minimum absolute atomic E-state index is 0.144. The van der Waals surface area contributed by atoms with Gasteiger partial charge in [0.05, 0.1) is 0 Å². The van der Waals surface area contributed by atoms with E-state index < -0.39 is 0 Å². The Morgan fingerprint density at radius 1 is 1.07 bits per heavy atom. The highest BCUT2D eigenvalue weighted by Gasteiger charge is 2.14. The number of rotatable bonds is 11. The van der Waals surface area contributed by atoms with E-state index in [4.69, 9.17) is 0 Å². The molecule has 156 valence electrons. The van der Waals surface area contributed by atoms with Crippen LogP contribution in [0.15, 0.2) is 84.7 Å². The van der Waals surface area contributed by atoms with Crippen molar-refractivity contribution in [2.24, 2.45) is 0 Å². The summed E-state index contributed by atoms with van der Waals surface area (Å²) in [5.41, 5.74) is 10.2. The lowest BCUT2D eigenvalue weighted by Crippen LogP contribution is -2.20. The quantitative estimate of drug-likeness (QED) is 0.376. The normalized spacial score (nSPS) is 13.0. The maximum atomic E-state index is 4.31. The van der Waals surface area contributed by atoms with Crippen molar-refractivity contribution in [3.05, 3.63) is 101 Å². The van der Waals surface area contributed by atoms with Crippen molar-refractivity contribution in [1.82, 2.24) is 5.32 Å². The Labute approximate surface area is 179 Å². The predicted molar refractivity (Wildman–Crippen MR) is 132 cm³/mol. The van der Waals surface area contributed by atoms with Crippen LogP contribution in [0.2, 0.25) is 0 Å². The van der Waals surface area contributed by atoms with Crippen LogP contribution in [0.4, 0.5) is 0 Å². The second-order valence-electron chi connectivity index (χ2n) is 7.54. The fourth-order valence-corrected chi connectivity index (χ4v) is 3.44. The van der Waals surface area contributed by atoms with Crippen LogP contribution < -0.4 is 5.32 Å². The van der Waals surface area contributed by atoms with E-state index in [1.54, 1.807) is 0 Å². The van der Waals surface area contributed by atoms with E-state index in [0.29, 0.717) is 0 Å². The lowest BCUT2D eigenvalue weighted by Gasteiger charge is -2.23. The molecule has 1 rings (SSSR count). The first kappa shape index (κ1) is 24.5. The van der Waals surface area contributed by atoms with Gasteiger partial charge < -0.3 is 5.32 Å². The Morgan fingerprint density at radius 3 is 2.24 bits per heavy atom. The van der Waals surface area contributed by atoms with Crippen LogP contribution in [0, 0.1) is 0 Å².